The molecule has 132 valence electrons. The maximum atomic E-state index is 12.3. The standard InChI is InChI=1S/C20H20N4O2/c1-12-5-7-17(20-15(12)11-21-24-20)23-18(25)4-2-3-13-6-8-16-14(9-13)10-19(26)22-16/h5-9,11H,2-4,10H2,1H3,(H,21,24)(H,22,26)(H,23,25). The maximum Gasteiger partial charge on any atom is 0.228 e. The summed E-state index contributed by atoms with van der Waals surface area (Å²) in [5, 5.41) is 13.8. The number of aryl methyl sites for hydroxylation is 2. The molecule has 0 radical (unpaired) electrons. The highest BCUT2D eigenvalue weighted by Gasteiger charge is 2.17. The van der Waals surface area contributed by atoms with E-state index in [0.717, 1.165) is 51.8 Å². The molecule has 0 fully saturated rings. The number of aromatic amines is 1. The second kappa shape index (κ2) is 6.63. The molecule has 1 aliphatic rings. The summed E-state index contributed by atoms with van der Waals surface area (Å²) in [6, 6.07) is 9.89. The molecule has 0 atom stereocenters. The minimum atomic E-state index is -0.0113. The first kappa shape index (κ1) is 16.3. The molecule has 0 saturated heterocycles. The van der Waals surface area contributed by atoms with Crippen molar-refractivity contribution < 1.29 is 9.59 Å². The van der Waals surface area contributed by atoms with Crippen LogP contribution in [0.3, 0.4) is 0 Å². The van der Waals surface area contributed by atoms with Gasteiger partial charge in [-0.15, -0.1) is 0 Å². The third-order valence-corrected chi connectivity index (χ3v) is 4.77. The van der Waals surface area contributed by atoms with Crippen molar-refractivity contribution in [3.8, 4) is 0 Å². The molecule has 0 aliphatic carbocycles. The van der Waals surface area contributed by atoms with Gasteiger partial charge in [-0.25, -0.2) is 0 Å². The fraction of sp³-hybridized carbons (Fsp3) is 0.250. The molecule has 2 aromatic carbocycles. The lowest BCUT2D eigenvalue weighted by Crippen LogP contribution is -2.12. The number of H-pyrrole nitrogens is 1. The number of carbonyl (C=O) groups is 2. The Balaban J connectivity index is 1.34. The molecule has 6 nitrogen and oxygen atoms in total. The Hall–Kier alpha value is -3.15. The Labute approximate surface area is 151 Å². The van der Waals surface area contributed by atoms with Gasteiger partial charge in [0.15, 0.2) is 0 Å². The normalized spacial score (nSPS) is 12.9. The van der Waals surface area contributed by atoms with Crippen LogP contribution in [0.15, 0.2) is 36.5 Å². The van der Waals surface area contributed by atoms with Crippen LogP contribution < -0.4 is 10.6 Å². The lowest BCUT2D eigenvalue weighted by molar-refractivity contribution is -0.116. The average Bonchev–Trinajstić information content (AvgIpc) is 3.23. The molecule has 2 amide bonds. The molecule has 1 aromatic heterocycles. The van der Waals surface area contributed by atoms with Crippen molar-refractivity contribution in [3.05, 3.63) is 53.2 Å². The minimum Gasteiger partial charge on any atom is -0.326 e. The zero-order chi connectivity index (χ0) is 18.1. The lowest BCUT2D eigenvalue weighted by Gasteiger charge is -2.08. The number of fused-ring (bicyclic) bond motifs is 2. The Bertz CT molecular complexity index is 1010. The highest BCUT2D eigenvalue weighted by atomic mass is 16.2. The van der Waals surface area contributed by atoms with E-state index < -0.39 is 0 Å². The van der Waals surface area contributed by atoms with Crippen LogP contribution in [0.5, 0.6) is 0 Å². The van der Waals surface area contributed by atoms with Gasteiger partial charge >= 0.3 is 0 Å². The number of nitrogens with zero attached hydrogens (tertiary/aromatic N) is 1. The monoisotopic (exact) mass is 348 g/mol. The van der Waals surface area contributed by atoms with Crippen LogP contribution in [0, 0.1) is 6.92 Å². The predicted octanol–water partition coefficient (Wildman–Crippen LogP) is 3.33. The van der Waals surface area contributed by atoms with Crippen LogP contribution >= 0.6 is 0 Å². The molecule has 3 N–H and O–H groups in total. The zero-order valence-electron chi connectivity index (χ0n) is 14.6. The van der Waals surface area contributed by atoms with Crippen LogP contribution in [-0.2, 0) is 22.4 Å². The summed E-state index contributed by atoms with van der Waals surface area (Å²) in [5.41, 5.74) is 5.83. The highest BCUT2D eigenvalue weighted by Crippen LogP contribution is 2.25. The molecule has 4 rings (SSSR count). The second-order valence-electron chi connectivity index (χ2n) is 6.71. The summed E-state index contributed by atoms with van der Waals surface area (Å²) in [6.07, 6.45) is 4.22. The Morgan fingerprint density at radius 2 is 2.15 bits per heavy atom. The fourth-order valence-corrected chi connectivity index (χ4v) is 3.38. The molecule has 0 spiro atoms. The van der Waals surface area contributed by atoms with Crippen molar-refractivity contribution in [2.75, 3.05) is 10.6 Å². The molecule has 1 aliphatic heterocycles. The van der Waals surface area contributed by atoms with Crippen molar-refractivity contribution in [2.45, 2.75) is 32.6 Å². The van der Waals surface area contributed by atoms with Gasteiger partial charge in [-0.3, -0.25) is 14.7 Å². The number of nitrogens with one attached hydrogen (secondary N) is 3. The average molecular weight is 348 g/mol. The summed E-state index contributed by atoms with van der Waals surface area (Å²) < 4.78 is 0. The fourth-order valence-electron chi connectivity index (χ4n) is 3.38. The van der Waals surface area contributed by atoms with E-state index in [0.29, 0.717) is 12.8 Å². The second-order valence-corrected chi connectivity index (χ2v) is 6.71. The molecule has 0 unspecified atom stereocenters. The highest BCUT2D eigenvalue weighted by molar-refractivity contribution is 6.01. The third kappa shape index (κ3) is 3.18. The van der Waals surface area contributed by atoms with Crippen LogP contribution in [0.2, 0.25) is 0 Å². The number of rotatable bonds is 5. The molecule has 3 aromatic rings. The van der Waals surface area contributed by atoms with Gasteiger partial charge in [0.05, 0.1) is 23.8 Å². The van der Waals surface area contributed by atoms with E-state index in [1.54, 1.807) is 6.20 Å². The number of hydrogen-bond acceptors (Lipinski definition) is 3. The van der Waals surface area contributed by atoms with Gasteiger partial charge in [0, 0.05) is 17.5 Å². The van der Waals surface area contributed by atoms with Gasteiger partial charge in [0.2, 0.25) is 11.8 Å². The summed E-state index contributed by atoms with van der Waals surface area (Å²) in [5.74, 6) is 0.0301. The summed E-state index contributed by atoms with van der Waals surface area (Å²) in [4.78, 5) is 23.7. The van der Waals surface area contributed by atoms with Crippen molar-refractivity contribution in [1.82, 2.24) is 10.2 Å². The van der Waals surface area contributed by atoms with Crippen molar-refractivity contribution in [1.29, 1.82) is 0 Å². The Kier molecular flexibility index (Phi) is 4.16. The first-order valence-electron chi connectivity index (χ1n) is 8.74. The topological polar surface area (TPSA) is 86.9 Å². The van der Waals surface area contributed by atoms with Crippen LogP contribution in [0.4, 0.5) is 11.4 Å². The molecule has 0 saturated carbocycles. The summed E-state index contributed by atoms with van der Waals surface area (Å²) in [6.45, 7) is 2.02. The SMILES string of the molecule is Cc1ccc(NC(=O)CCCc2ccc3c(c2)CC(=O)N3)c2[nH]ncc12. The van der Waals surface area contributed by atoms with Crippen LogP contribution in [0.1, 0.15) is 29.5 Å². The Morgan fingerprint density at radius 3 is 3.04 bits per heavy atom. The van der Waals surface area contributed by atoms with Gasteiger partial charge in [0.25, 0.3) is 0 Å². The number of amides is 2. The number of aromatic nitrogens is 2. The maximum absolute atomic E-state index is 12.3. The Morgan fingerprint density at radius 1 is 1.27 bits per heavy atom. The van der Waals surface area contributed by atoms with E-state index in [1.807, 2.05) is 31.2 Å². The molecular weight excluding hydrogens is 328 g/mol. The molecule has 6 heteroatoms. The quantitative estimate of drug-likeness (QED) is 0.661. The van der Waals surface area contributed by atoms with E-state index in [1.165, 1.54) is 0 Å². The minimum absolute atomic E-state index is 0.0113. The predicted molar refractivity (Wildman–Crippen MR) is 101 cm³/mol. The van der Waals surface area contributed by atoms with Crippen molar-refractivity contribution in [2.24, 2.45) is 0 Å². The van der Waals surface area contributed by atoms with E-state index in [9.17, 15) is 9.59 Å². The smallest absolute Gasteiger partial charge is 0.228 e. The van der Waals surface area contributed by atoms with Crippen molar-refractivity contribution >= 4 is 34.1 Å². The van der Waals surface area contributed by atoms with Crippen LogP contribution in [-0.4, -0.2) is 22.0 Å². The summed E-state index contributed by atoms with van der Waals surface area (Å²) in [7, 11) is 0. The number of benzene rings is 2. The number of carbonyl (C=O) groups excluding carboxylic acids is 2. The van der Waals surface area contributed by atoms with E-state index in [2.05, 4.69) is 26.9 Å². The molecular formula is C20H20N4O2. The zero-order valence-corrected chi connectivity index (χ0v) is 14.6. The van der Waals surface area contributed by atoms with Crippen LogP contribution in [0.25, 0.3) is 10.9 Å². The van der Waals surface area contributed by atoms with Crippen molar-refractivity contribution in [3.63, 3.8) is 0 Å². The van der Waals surface area contributed by atoms with Gasteiger partial charge in [0.1, 0.15) is 0 Å². The first-order valence-corrected chi connectivity index (χ1v) is 8.74. The number of hydrogen-bond donors (Lipinski definition) is 3. The van der Waals surface area contributed by atoms with Gasteiger partial charge in [-0.05, 0) is 48.6 Å². The first-order chi connectivity index (χ1) is 12.6. The summed E-state index contributed by atoms with van der Waals surface area (Å²) >= 11 is 0. The van der Waals surface area contributed by atoms with Gasteiger partial charge < -0.3 is 10.6 Å². The van der Waals surface area contributed by atoms with Gasteiger partial charge in [-0.1, -0.05) is 18.2 Å². The molecule has 26 heavy (non-hydrogen) atoms. The van der Waals surface area contributed by atoms with E-state index in [-0.39, 0.29) is 11.8 Å². The molecule has 0 bridgehead atoms. The van der Waals surface area contributed by atoms with E-state index in [4.69, 9.17) is 0 Å². The number of anilines is 2. The largest absolute Gasteiger partial charge is 0.326 e. The molecule has 2 heterocycles. The third-order valence-electron chi connectivity index (χ3n) is 4.77. The van der Waals surface area contributed by atoms with Gasteiger partial charge in [-0.2, -0.15) is 5.10 Å². The van der Waals surface area contributed by atoms with E-state index >= 15 is 0 Å². The lowest BCUT2D eigenvalue weighted by atomic mass is 10.0.